The van der Waals surface area contributed by atoms with E-state index in [0.717, 1.165) is 21.2 Å². The summed E-state index contributed by atoms with van der Waals surface area (Å²) in [5, 5.41) is 16.1. The number of benzene rings is 3. The zero-order valence-electron chi connectivity index (χ0n) is 18.9. The van der Waals surface area contributed by atoms with E-state index in [2.05, 4.69) is 31.5 Å². The fourth-order valence-electron chi connectivity index (χ4n) is 3.78. The molecule has 0 aliphatic rings. The van der Waals surface area contributed by atoms with E-state index >= 15 is 0 Å². The molecule has 0 atom stereocenters. The maximum absolute atomic E-state index is 12.8. The van der Waals surface area contributed by atoms with E-state index in [9.17, 15) is 9.90 Å². The highest BCUT2D eigenvalue weighted by Crippen LogP contribution is 2.34. The number of hydrogen-bond acceptors (Lipinski definition) is 6. The number of nitrogens with one attached hydrogen (secondary N) is 2. The molecule has 0 radical (unpaired) electrons. The second-order valence-corrected chi connectivity index (χ2v) is 9.22. The highest BCUT2D eigenvalue weighted by molar-refractivity contribution is 9.10. The molecule has 0 spiro atoms. The second kappa shape index (κ2) is 9.44. The first-order valence-corrected chi connectivity index (χ1v) is 11.5. The average molecular weight is 540 g/mol. The van der Waals surface area contributed by atoms with Crippen molar-refractivity contribution < 1.29 is 19.1 Å². The summed E-state index contributed by atoms with van der Waals surface area (Å²) in [4.78, 5) is 17.4. The largest absolute Gasteiger partial charge is 0.507 e. The number of methoxy groups -OCH3 is 1. The Bertz CT molecular complexity index is 1450. The average Bonchev–Trinajstić information content (AvgIpc) is 3.18. The Balaban J connectivity index is 1.57. The molecule has 1 aromatic heterocycles. The minimum absolute atomic E-state index is 0.00998. The molecule has 1 heterocycles. The summed E-state index contributed by atoms with van der Waals surface area (Å²) in [7, 11) is 1.51. The van der Waals surface area contributed by atoms with Gasteiger partial charge < -0.3 is 19.6 Å². The number of aryl methyl sites for hydroxylation is 3. The van der Waals surface area contributed by atoms with Gasteiger partial charge in [-0.3, -0.25) is 10.1 Å². The number of aromatic hydroxyl groups is 1. The molecule has 0 aliphatic carbocycles. The quantitative estimate of drug-likeness (QED) is 0.215. The van der Waals surface area contributed by atoms with Crippen molar-refractivity contribution in [2.75, 3.05) is 12.4 Å². The Morgan fingerprint density at radius 1 is 1.12 bits per heavy atom. The standard InChI is InChI=1S/C25H22BrN3O4S/c1-12-7-13(2)22-19(8-12)28-24(33-22)17-11-16(5-6-20(17)30)27-25(34)29-23(31)18-10-15(26)9-14(3)21(18)32-4/h5-11,30H,1-4H3,(H2,27,29,31,34). The van der Waals surface area contributed by atoms with Crippen LogP contribution in [0.15, 0.2) is 51.4 Å². The Hall–Kier alpha value is -3.43. The number of fused-ring (bicyclic) bond motifs is 1. The highest BCUT2D eigenvalue weighted by atomic mass is 79.9. The predicted molar refractivity (Wildman–Crippen MR) is 140 cm³/mol. The lowest BCUT2D eigenvalue weighted by atomic mass is 10.1. The van der Waals surface area contributed by atoms with E-state index in [1.807, 2.05) is 39.0 Å². The van der Waals surface area contributed by atoms with E-state index in [1.165, 1.54) is 13.2 Å². The number of thiocarbonyl (C=S) groups is 1. The maximum Gasteiger partial charge on any atom is 0.261 e. The van der Waals surface area contributed by atoms with Crippen LogP contribution in [0.5, 0.6) is 11.5 Å². The van der Waals surface area contributed by atoms with Crippen LogP contribution in [0.2, 0.25) is 0 Å². The van der Waals surface area contributed by atoms with Gasteiger partial charge in [-0.15, -0.1) is 0 Å². The van der Waals surface area contributed by atoms with Crippen LogP contribution in [0.3, 0.4) is 0 Å². The summed E-state index contributed by atoms with van der Waals surface area (Å²) in [6.07, 6.45) is 0. The van der Waals surface area contributed by atoms with Crippen molar-refractivity contribution in [2.24, 2.45) is 0 Å². The van der Waals surface area contributed by atoms with Crippen molar-refractivity contribution in [1.82, 2.24) is 10.3 Å². The van der Waals surface area contributed by atoms with Crippen LogP contribution >= 0.6 is 28.1 Å². The van der Waals surface area contributed by atoms with Crippen LogP contribution in [-0.2, 0) is 0 Å². The molecular weight excluding hydrogens is 518 g/mol. The Morgan fingerprint density at radius 3 is 2.62 bits per heavy atom. The number of oxazole rings is 1. The van der Waals surface area contributed by atoms with Crippen LogP contribution < -0.4 is 15.4 Å². The number of carbonyl (C=O) groups is 1. The van der Waals surface area contributed by atoms with Gasteiger partial charge in [0, 0.05) is 10.2 Å². The van der Waals surface area contributed by atoms with Gasteiger partial charge in [0.1, 0.15) is 17.0 Å². The van der Waals surface area contributed by atoms with Crippen molar-refractivity contribution in [2.45, 2.75) is 20.8 Å². The minimum Gasteiger partial charge on any atom is -0.507 e. The fraction of sp³-hybridized carbons (Fsp3) is 0.160. The van der Waals surface area contributed by atoms with Gasteiger partial charge >= 0.3 is 0 Å². The van der Waals surface area contributed by atoms with Gasteiger partial charge in [0.2, 0.25) is 5.89 Å². The molecule has 4 aromatic rings. The van der Waals surface area contributed by atoms with Crippen LogP contribution in [0.1, 0.15) is 27.0 Å². The molecule has 0 saturated carbocycles. The lowest BCUT2D eigenvalue weighted by Gasteiger charge is -2.14. The molecule has 3 aromatic carbocycles. The van der Waals surface area contributed by atoms with Gasteiger partial charge in [0.25, 0.3) is 5.91 Å². The number of halogens is 1. The lowest BCUT2D eigenvalue weighted by Crippen LogP contribution is -2.34. The van der Waals surface area contributed by atoms with Crippen LogP contribution in [-0.4, -0.2) is 28.2 Å². The zero-order valence-corrected chi connectivity index (χ0v) is 21.3. The first-order chi connectivity index (χ1) is 16.2. The molecule has 0 unspecified atom stereocenters. The zero-order chi connectivity index (χ0) is 24.6. The number of carbonyl (C=O) groups excluding carboxylic acids is 1. The summed E-state index contributed by atoms with van der Waals surface area (Å²) in [6, 6.07) is 12.3. The summed E-state index contributed by atoms with van der Waals surface area (Å²) in [5.74, 6) is 0.351. The fourth-order valence-corrected chi connectivity index (χ4v) is 4.56. The number of hydrogen-bond donors (Lipinski definition) is 3. The SMILES string of the molecule is COc1c(C)cc(Br)cc1C(=O)NC(=S)Nc1ccc(O)c(-c2nc3cc(C)cc(C)c3o2)c1. The topological polar surface area (TPSA) is 96.6 Å². The number of anilines is 1. The highest BCUT2D eigenvalue weighted by Gasteiger charge is 2.18. The van der Waals surface area contributed by atoms with Gasteiger partial charge in [-0.2, -0.15) is 0 Å². The van der Waals surface area contributed by atoms with Crippen LogP contribution in [0.4, 0.5) is 5.69 Å². The monoisotopic (exact) mass is 539 g/mol. The molecule has 0 fully saturated rings. The number of phenolic OH excluding ortho intramolecular Hbond substituents is 1. The molecule has 174 valence electrons. The third-order valence-corrected chi connectivity index (χ3v) is 5.88. The normalized spacial score (nSPS) is 10.9. The minimum atomic E-state index is -0.414. The Labute approximate surface area is 210 Å². The molecule has 0 saturated heterocycles. The van der Waals surface area contributed by atoms with E-state index in [1.54, 1.807) is 18.2 Å². The number of rotatable bonds is 4. The third kappa shape index (κ3) is 4.76. The molecule has 1 amide bonds. The maximum atomic E-state index is 12.8. The number of nitrogens with zero attached hydrogens (tertiary/aromatic N) is 1. The number of aromatic nitrogens is 1. The summed E-state index contributed by atoms with van der Waals surface area (Å²) < 4.78 is 12.1. The van der Waals surface area contributed by atoms with E-state index in [4.69, 9.17) is 21.4 Å². The molecule has 0 aliphatic heterocycles. The van der Waals surface area contributed by atoms with Gasteiger partial charge in [0.15, 0.2) is 10.7 Å². The van der Waals surface area contributed by atoms with Crippen molar-refractivity contribution >= 4 is 56.0 Å². The molecule has 0 bridgehead atoms. The van der Waals surface area contributed by atoms with Crippen molar-refractivity contribution in [1.29, 1.82) is 0 Å². The smallest absolute Gasteiger partial charge is 0.261 e. The number of amides is 1. The second-order valence-electron chi connectivity index (χ2n) is 7.89. The molecule has 7 nitrogen and oxygen atoms in total. The van der Waals surface area contributed by atoms with Gasteiger partial charge in [0.05, 0.1) is 18.2 Å². The first kappa shape index (κ1) is 23.7. The van der Waals surface area contributed by atoms with E-state index in [-0.39, 0.29) is 16.8 Å². The van der Waals surface area contributed by atoms with Gasteiger partial charge in [-0.25, -0.2) is 4.98 Å². The van der Waals surface area contributed by atoms with E-state index in [0.29, 0.717) is 33.7 Å². The molecule has 34 heavy (non-hydrogen) atoms. The van der Waals surface area contributed by atoms with Gasteiger partial charge in [-0.1, -0.05) is 22.0 Å². The Kier molecular flexibility index (Phi) is 6.58. The van der Waals surface area contributed by atoms with Crippen LogP contribution in [0.25, 0.3) is 22.6 Å². The molecule has 9 heteroatoms. The first-order valence-electron chi connectivity index (χ1n) is 10.3. The summed E-state index contributed by atoms with van der Waals surface area (Å²) >= 11 is 8.74. The van der Waals surface area contributed by atoms with Crippen LogP contribution in [0, 0.1) is 20.8 Å². The number of phenols is 1. The predicted octanol–water partition coefficient (Wildman–Crippen LogP) is 6.02. The summed E-state index contributed by atoms with van der Waals surface area (Å²) in [5.41, 5.74) is 5.52. The number of ether oxygens (including phenoxy) is 1. The molecular formula is C25H22BrN3O4S. The van der Waals surface area contributed by atoms with E-state index < -0.39 is 5.91 Å². The van der Waals surface area contributed by atoms with Crippen molar-refractivity contribution in [3.8, 4) is 23.0 Å². The summed E-state index contributed by atoms with van der Waals surface area (Å²) in [6.45, 7) is 5.79. The lowest BCUT2D eigenvalue weighted by molar-refractivity contribution is 0.0974. The van der Waals surface area contributed by atoms with Crippen molar-refractivity contribution in [3.05, 3.63) is 69.2 Å². The molecule has 4 rings (SSSR count). The molecule has 3 N–H and O–H groups in total. The Morgan fingerprint density at radius 2 is 1.88 bits per heavy atom. The van der Waals surface area contributed by atoms with Crippen molar-refractivity contribution in [3.63, 3.8) is 0 Å². The third-order valence-electron chi connectivity index (χ3n) is 5.22. The van der Waals surface area contributed by atoms with Gasteiger partial charge in [-0.05, 0) is 86.1 Å².